The van der Waals surface area contributed by atoms with E-state index in [0.29, 0.717) is 32.2 Å². The van der Waals surface area contributed by atoms with Gasteiger partial charge in [0.25, 0.3) is 0 Å². The molecule has 0 bridgehead atoms. The third-order valence-corrected chi connectivity index (χ3v) is 2.78. The van der Waals surface area contributed by atoms with Crippen LogP contribution >= 0.6 is 0 Å². The number of rotatable bonds is 7. The molecule has 4 N–H and O–H groups in total. The lowest BCUT2D eigenvalue weighted by atomic mass is 10.2. The molecule has 1 aliphatic rings. The van der Waals surface area contributed by atoms with E-state index in [2.05, 4.69) is 15.7 Å². The number of aromatic nitrogens is 2. The lowest BCUT2D eigenvalue weighted by Gasteiger charge is -2.28. The molecule has 2 rings (SSSR count). The summed E-state index contributed by atoms with van der Waals surface area (Å²) in [7, 11) is 0. The Labute approximate surface area is 106 Å². The average molecular weight is 253 g/mol. The van der Waals surface area contributed by atoms with E-state index in [0.717, 1.165) is 18.9 Å². The molecular weight excluding hydrogens is 234 g/mol. The quantitative estimate of drug-likeness (QED) is 0.560. The van der Waals surface area contributed by atoms with Gasteiger partial charge in [-0.15, -0.1) is 0 Å². The van der Waals surface area contributed by atoms with E-state index in [1.54, 1.807) is 12.3 Å². The van der Waals surface area contributed by atoms with E-state index in [4.69, 9.17) is 10.5 Å². The maximum atomic E-state index is 11.7. The molecule has 1 fully saturated rings. The molecule has 0 saturated carbocycles. The number of nitrogens with zero attached hydrogens (tertiary/aromatic N) is 2. The number of nitrogens with one attached hydrogen (secondary N) is 2. The molecular formula is C11H19N5O2. The Morgan fingerprint density at radius 2 is 2.44 bits per heavy atom. The molecule has 1 aromatic heterocycles. The molecule has 1 amide bonds. The SMILES string of the molecule is NCCOCCC(=O)Nc1ccnn1C1CNC1. The van der Waals surface area contributed by atoms with Crippen LogP contribution in [0.2, 0.25) is 0 Å². The first-order valence-electron chi connectivity index (χ1n) is 6.13. The summed E-state index contributed by atoms with van der Waals surface area (Å²) >= 11 is 0. The topological polar surface area (TPSA) is 94.2 Å². The fraction of sp³-hybridized carbons (Fsp3) is 0.636. The summed E-state index contributed by atoms with van der Waals surface area (Å²) in [6, 6.07) is 2.14. The summed E-state index contributed by atoms with van der Waals surface area (Å²) in [5.74, 6) is 0.673. The van der Waals surface area contributed by atoms with Gasteiger partial charge in [0.2, 0.25) is 5.91 Å². The Bertz CT molecular complexity index is 389. The Morgan fingerprint density at radius 1 is 1.61 bits per heavy atom. The molecule has 7 heteroatoms. The van der Waals surface area contributed by atoms with E-state index in [-0.39, 0.29) is 5.91 Å². The van der Waals surface area contributed by atoms with Crippen LogP contribution in [0.15, 0.2) is 12.3 Å². The molecule has 100 valence electrons. The molecule has 0 aromatic carbocycles. The van der Waals surface area contributed by atoms with Crippen molar-refractivity contribution in [1.29, 1.82) is 0 Å². The third kappa shape index (κ3) is 3.28. The van der Waals surface area contributed by atoms with Gasteiger partial charge in [0.05, 0.1) is 31.9 Å². The number of anilines is 1. The third-order valence-electron chi connectivity index (χ3n) is 2.78. The minimum Gasteiger partial charge on any atom is -0.380 e. The largest absolute Gasteiger partial charge is 0.380 e. The second-order valence-corrected chi connectivity index (χ2v) is 4.17. The van der Waals surface area contributed by atoms with Gasteiger partial charge in [-0.05, 0) is 0 Å². The number of ether oxygens (including phenoxy) is 1. The number of hydrogen-bond donors (Lipinski definition) is 3. The molecule has 0 aliphatic carbocycles. The van der Waals surface area contributed by atoms with Crippen molar-refractivity contribution in [2.24, 2.45) is 5.73 Å². The minimum absolute atomic E-state index is 0.0685. The molecule has 0 spiro atoms. The van der Waals surface area contributed by atoms with Crippen molar-refractivity contribution in [2.75, 3.05) is 38.2 Å². The summed E-state index contributed by atoms with van der Waals surface area (Å²) < 4.78 is 7.01. The first-order valence-corrected chi connectivity index (χ1v) is 6.13. The van der Waals surface area contributed by atoms with Crippen molar-refractivity contribution in [1.82, 2.24) is 15.1 Å². The van der Waals surface area contributed by atoms with Gasteiger partial charge in [-0.3, -0.25) is 4.79 Å². The lowest BCUT2D eigenvalue weighted by Crippen LogP contribution is -2.44. The molecule has 0 unspecified atom stereocenters. The van der Waals surface area contributed by atoms with Crippen LogP contribution in [0.1, 0.15) is 12.5 Å². The Morgan fingerprint density at radius 3 is 3.11 bits per heavy atom. The molecule has 1 aromatic rings. The normalized spacial score (nSPS) is 15.4. The highest BCUT2D eigenvalue weighted by molar-refractivity contribution is 5.89. The average Bonchev–Trinajstić information content (AvgIpc) is 2.71. The summed E-state index contributed by atoms with van der Waals surface area (Å²) in [5.41, 5.74) is 5.29. The van der Waals surface area contributed by atoms with Crippen LogP contribution in [0.25, 0.3) is 0 Å². The maximum Gasteiger partial charge on any atom is 0.227 e. The number of carbonyl (C=O) groups excluding carboxylic acids is 1. The van der Waals surface area contributed by atoms with Gasteiger partial charge in [-0.1, -0.05) is 0 Å². The fourth-order valence-electron chi connectivity index (χ4n) is 1.71. The number of nitrogens with two attached hydrogens (primary N) is 1. The summed E-state index contributed by atoms with van der Waals surface area (Å²) in [5, 5.41) is 10.2. The second-order valence-electron chi connectivity index (χ2n) is 4.17. The van der Waals surface area contributed by atoms with Crippen molar-refractivity contribution in [2.45, 2.75) is 12.5 Å². The van der Waals surface area contributed by atoms with Gasteiger partial charge in [-0.25, -0.2) is 4.68 Å². The van der Waals surface area contributed by atoms with E-state index in [1.165, 1.54) is 0 Å². The van der Waals surface area contributed by atoms with Crippen LogP contribution in [0.3, 0.4) is 0 Å². The predicted molar refractivity (Wildman–Crippen MR) is 67.3 cm³/mol. The first-order chi connectivity index (χ1) is 8.81. The van der Waals surface area contributed by atoms with Crippen molar-refractivity contribution in [3.63, 3.8) is 0 Å². The van der Waals surface area contributed by atoms with E-state index in [9.17, 15) is 4.79 Å². The summed E-state index contributed by atoms with van der Waals surface area (Å²) in [4.78, 5) is 11.7. The van der Waals surface area contributed by atoms with Crippen LogP contribution < -0.4 is 16.4 Å². The smallest absolute Gasteiger partial charge is 0.227 e. The Kier molecular flexibility index (Phi) is 4.68. The van der Waals surface area contributed by atoms with Crippen LogP contribution in [-0.4, -0.2) is 48.5 Å². The van der Waals surface area contributed by atoms with Crippen molar-refractivity contribution < 1.29 is 9.53 Å². The van der Waals surface area contributed by atoms with Gasteiger partial charge in [0.1, 0.15) is 5.82 Å². The highest BCUT2D eigenvalue weighted by atomic mass is 16.5. The van der Waals surface area contributed by atoms with Crippen LogP contribution in [-0.2, 0) is 9.53 Å². The number of carbonyl (C=O) groups is 1. The Hall–Kier alpha value is -1.44. The molecule has 1 aliphatic heterocycles. The number of amides is 1. The van der Waals surface area contributed by atoms with Gasteiger partial charge >= 0.3 is 0 Å². The second kappa shape index (κ2) is 6.48. The maximum absolute atomic E-state index is 11.7. The lowest BCUT2D eigenvalue weighted by molar-refractivity contribution is -0.117. The molecule has 1 saturated heterocycles. The molecule has 0 atom stereocenters. The van der Waals surface area contributed by atoms with Crippen LogP contribution in [0.4, 0.5) is 5.82 Å². The monoisotopic (exact) mass is 253 g/mol. The van der Waals surface area contributed by atoms with Crippen LogP contribution in [0, 0.1) is 0 Å². The highest BCUT2D eigenvalue weighted by Crippen LogP contribution is 2.17. The van der Waals surface area contributed by atoms with Crippen molar-refractivity contribution in [3.8, 4) is 0 Å². The highest BCUT2D eigenvalue weighted by Gasteiger charge is 2.22. The van der Waals surface area contributed by atoms with Crippen LogP contribution in [0.5, 0.6) is 0 Å². The minimum atomic E-state index is -0.0685. The first kappa shape index (κ1) is 13.0. The van der Waals surface area contributed by atoms with Crippen molar-refractivity contribution in [3.05, 3.63) is 12.3 Å². The number of hydrogen-bond acceptors (Lipinski definition) is 5. The zero-order chi connectivity index (χ0) is 12.8. The van der Waals surface area contributed by atoms with Gasteiger partial charge < -0.3 is 21.1 Å². The molecule has 18 heavy (non-hydrogen) atoms. The molecule has 7 nitrogen and oxygen atoms in total. The zero-order valence-electron chi connectivity index (χ0n) is 10.3. The standard InChI is InChI=1S/C11H19N5O2/c12-3-6-18-5-2-11(17)15-10-1-4-14-16(10)9-7-13-8-9/h1,4,9,13H,2-3,5-8,12H2,(H,15,17). The van der Waals surface area contributed by atoms with Gasteiger partial charge in [0.15, 0.2) is 0 Å². The van der Waals surface area contributed by atoms with Gasteiger partial charge in [0, 0.05) is 25.7 Å². The zero-order valence-corrected chi connectivity index (χ0v) is 10.3. The van der Waals surface area contributed by atoms with E-state index in [1.807, 2.05) is 4.68 Å². The van der Waals surface area contributed by atoms with E-state index < -0.39 is 0 Å². The predicted octanol–water partition coefficient (Wildman–Crippen LogP) is -0.669. The Balaban J connectivity index is 1.78. The fourth-order valence-corrected chi connectivity index (χ4v) is 1.71. The molecule has 0 radical (unpaired) electrons. The summed E-state index contributed by atoms with van der Waals surface area (Å²) in [6.45, 7) is 3.14. The van der Waals surface area contributed by atoms with E-state index >= 15 is 0 Å². The molecule has 2 heterocycles. The summed E-state index contributed by atoms with van der Waals surface area (Å²) in [6.07, 6.45) is 2.02. The van der Waals surface area contributed by atoms with Crippen molar-refractivity contribution >= 4 is 11.7 Å². The van der Waals surface area contributed by atoms with Gasteiger partial charge in [-0.2, -0.15) is 5.10 Å².